The molecular weight excluding hydrogens is 466 g/mol. The zero-order chi connectivity index (χ0) is 27.6. The second-order valence-corrected chi connectivity index (χ2v) is 11.3. The van der Waals surface area contributed by atoms with E-state index in [1.165, 1.54) is 0 Å². The van der Waals surface area contributed by atoms with Gasteiger partial charge < -0.3 is 20.3 Å². The third-order valence-electron chi connectivity index (χ3n) is 5.48. The third kappa shape index (κ3) is 10.3. The van der Waals surface area contributed by atoms with E-state index in [0.29, 0.717) is 18.5 Å². The monoisotopic (exact) mass is 509 g/mol. The molecule has 2 atom stereocenters. The van der Waals surface area contributed by atoms with Crippen LogP contribution >= 0.6 is 0 Å². The number of hydrogen-bond donors (Lipinski definition) is 2. The molecule has 0 fully saturated rings. The highest BCUT2D eigenvalue weighted by molar-refractivity contribution is 5.92. The van der Waals surface area contributed by atoms with Gasteiger partial charge in [-0.3, -0.25) is 9.59 Å². The Balaban J connectivity index is 2.51. The lowest BCUT2D eigenvalue weighted by Gasteiger charge is -2.36. The zero-order valence-electron chi connectivity index (χ0n) is 23.3. The predicted octanol–water partition coefficient (Wildman–Crippen LogP) is 5.41. The molecule has 2 N–H and O–H groups in total. The molecule has 0 saturated heterocycles. The van der Waals surface area contributed by atoms with Crippen molar-refractivity contribution in [3.05, 3.63) is 71.8 Å². The highest BCUT2D eigenvalue weighted by Crippen LogP contribution is 2.25. The van der Waals surface area contributed by atoms with Crippen molar-refractivity contribution in [1.82, 2.24) is 15.5 Å². The number of hydrogen-bond acceptors (Lipinski definition) is 4. The largest absolute Gasteiger partial charge is 0.444 e. The minimum Gasteiger partial charge on any atom is -0.444 e. The average Bonchev–Trinajstić information content (AvgIpc) is 2.79. The molecular formula is C30H43N3O4. The van der Waals surface area contributed by atoms with E-state index in [9.17, 15) is 14.4 Å². The molecule has 7 heteroatoms. The van der Waals surface area contributed by atoms with Crippen molar-refractivity contribution < 1.29 is 19.1 Å². The summed E-state index contributed by atoms with van der Waals surface area (Å²) in [5.41, 5.74) is 0.403. The number of benzene rings is 2. The van der Waals surface area contributed by atoms with Gasteiger partial charge in [-0.05, 0) is 59.1 Å². The summed E-state index contributed by atoms with van der Waals surface area (Å²) in [7, 11) is 0. The Labute approximate surface area is 222 Å². The van der Waals surface area contributed by atoms with Crippen LogP contribution in [0.15, 0.2) is 60.7 Å². The van der Waals surface area contributed by atoms with Crippen molar-refractivity contribution in [3.63, 3.8) is 0 Å². The molecule has 2 unspecified atom stereocenters. The molecule has 2 aromatic carbocycles. The van der Waals surface area contributed by atoms with Crippen LogP contribution < -0.4 is 10.6 Å². The van der Waals surface area contributed by atoms with Gasteiger partial charge in [0.05, 0.1) is 0 Å². The molecule has 0 radical (unpaired) electrons. The van der Waals surface area contributed by atoms with Crippen molar-refractivity contribution in [2.45, 2.75) is 91.0 Å². The van der Waals surface area contributed by atoms with Crippen molar-refractivity contribution in [1.29, 1.82) is 0 Å². The van der Waals surface area contributed by atoms with Gasteiger partial charge in [0.25, 0.3) is 0 Å². The number of amides is 3. The van der Waals surface area contributed by atoms with Crippen molar-refractivity contribution >= 4 is 17.9 Å². The van der Waals surface area contributed by atoms with Gasteiger partial charge in [-0.2, -0.15) is 0 Å². The molecule has 37 heavy (non-hydrogen) atoms. The number of carbonyl (C=O) groups is 3. The fourth-order valence-corrected chi connectivity index (χ4v) is 3.94. The van der Waals surface area contributed by atoms with Gasteiger partial charge in [0.15, 0.2) is 0 Å². The van der Waals surface area contributed by atoms with Gasteiger partial charge in [-0.15, -0.1) is 0 Å². The minimum absolute atomic E-state index is 0.265. The van der Waals surface area contributed by atoms with Gasteiger partial charge in [0, 0.05) is 18.5 Å². The van der Waals surface area contributed by atoms with Crippen molar-refractivity contribution in [2.24, 2.45) is 0 Å². The maximum Gasteiger partial charge on any atom is 0.408 e. The van der Waals surface area contributed by atoms with Gasteiger partial charge in [0.2, 0.25) is 11.8 Å². The first kappa shape index (κ1) is 29.9. The number of unbranched alkanes of at least 4 members (excludes halogenated alkanes) is 1. The molecule has 0 saturated carbocycles. The van der Waals surface area contributed by atoms with E-state index in [-0.39, 0.29) is 18.2 Å². The van der Waals surface area contributed by atoms with Gasteiger partial charge >= 0.3 is 6.09 Å². The summed E-state index contributed by atoms with van der Waals surface area (Å²) >= 11 is 0. The molecule has 0 aromatic heterocycles. The zero-order valence-corrected chi connectivity index (χ0v) is 23.3. The first-order valence-corrected chi connectivity index (χ1v) is 13.0. The molecule has 0 aliphatic rings. The standard InChI is InChI=1S/C30H43N3O4/c1-8-9-20-33(25(23-18-14-11-15-19-23)26(34)32-29(2,3)4)27(35)24(21-22-16-12-10-13-17-22)31-28(36)37-30(5,6)7/h10-19,24-25H,8-9,20-21H2,1-7H3,(H,31,36)(H,32,34). The average molecular weight is 510 g/mol. The lowest BCUT2D eigenvalue weighted by molar-refractivity contribution is -0.143. The Hall–Kier alpha value is -3.35. The fraction of sp³-hybridized carbons (Fsp3) is 0.500. The van der Waals surface area contributed by atoms with Crippen LogP contribution in [-0.2, 0) is 20.7 Å². The van der Waals surface area contributed by atoms with E-state index < -0.39 is 29.3 Å². The van der Waals surface area contributed by atoms with Crippen LogP contribution in [0.4, 0.5) is 4.79 Å². The normalized spacial score (nSPS) is 13.3. The number of nitrogens with zero attached hydrogens (tertiary/aromatic N) is 1. The predicted molar refractivity (Wildman–Crippen MR) is 147 cm³/mol. The molecule has 202 valence electrons. The molecule has 7 nitrogen and oxygen atoms in total. The van der Waals surface area contributed by atoms with Crippen LogP contribution in [0.5, 0.6) is 0 Å². The Morgan fingerprint density at radius 3 is 1.97 bits per heavy atom. The quantitative estimate of drug-likeness (QED) is 0.448. The molecule has 0 aliphatic carbocycles. The minimum atomic E-state index is -0.914. The van der Waals surface area contributed by atoms with Gasteiger partial charge in [-0.25, -0.2) is 4.79 Å². The van der Waals surface area contributed by atoms with Crippen LogP contribution in [0.1, 0.15) is 78.5 Å². The molecule has 2 aromatic rings. The first-order chi connectivity index (χ1) is 17.3. The lowest BCUT2D eigenvalue weighted by Crippen LogP contribution is -2.55. The maximum absolute atomic E-state index is 14.2. The Kier molecular flexibility index (Phi) is 10.7. The number of ether oxygens (including phenoxy) is 1. The Bertz CT molecular complexity index is 1010. The summed E-state index contributed by atoms with van der Waals surface area (Å²) < 4.78 is 5.48. The molecule has 3 amide bonds. The number of rotatable bonds is 10. The Morgan fingerprint density at radius 2 is 1.46 bits per heavy atom. The molecule has 0 bridgehead atoms. The van der Waals surface area contributed by atoms with Crippen LogP contribution in [0.25, 0.3) is 0 Å². The van der Waals surface area contributed by atoms with E-state index in [1.807, 2.05) is 88.4 Å². The van der Waals surface area contributed by atoms with Crippen molar-refractivity contribution in [3.8, 4) is 0 Å². The fourth-order valence-electron chi connectivity index (χ4n) is 3.94. The second-order valence-electron chi connectivity index (χ2n) is 11.3. The van der Waals surface area contributed by atoms with Crippen LogP contribution in [0, 0.1) is 0 Å². The summed E-state index contributed by atoms with van der Waals surface area (Å²) in [5, 5.41) is 5.83. The summed E-state index contributed by atoms with van der Waals surface area (Å²) in [6, 6.07) is 17.0. The number of nitrogens with one attached hydrogen (secondary N) is 2. The molecule has 0 aliphatic heterocycles. The molecule has 0 spiro atoms. The molecule has 0 heterocycles. The van der Waals surface area contributed by atoms with Crippen molar-refractivity contribution in [2.75, 3.05) is 6.54 Å². The van der Waals surface area contributed by atoms with E-state index in [2.05, 4.69) is 10.6 Å². The topological polar surface area (TPSA) is 87.7 Å². The lowest BCUT2D eigenvalue weighted by atomic mass is 9.98. The molecule has 2 rings (SSSR count). The summed E-state index contributed by atoms with van der Waals surface area (Å²) in [4.78, 5) is 42.2. The highest BCUT2D eigenvalue weighted by Gasteiger charge is 2.37. The van der Waals surface area contributed by atoms with E-state index in [1.54, 1.807) is 25.7 Å². The van der Waals surface area contributed by atoms with E-state index in [4.69, 9.17) is 4.74 Å². The number of carbonyl (C=O) groups excluding carboxylic acids is 3. The van der Waals surface area contributed by atoms with E-state index in [0.717, 1.165) is 12.0 Å². The summed E-state index contributed by atoms with van der Waals surface area (Å²) in [6.07, 6.45) is 1.15. The smallest absolute Gasteiger partial charge is 0.408 e. The van der Waals surface area contributed by atoms with Crippen LogP contribution in [0.3, 0.4) is 0 Å². The summed E-state index contributed by atoms with van der Waals surface area (Å²) in [5.74, 6) is -0.597. The first-order valence-electron chi connectivity index (χ1n) is 13.0. The number of alkyl carbamates (subject to hydrolysis) is 1. The third-order valence-corrected chi connectivity index (χ3v) is 5.48. The highest BCUT2D eigenvalue weighted by atomic mass is 16.6. The second kappa shape index (κ2) is 13.3. The Morgan fingerprint density at radius 1 is 0.892 bits per heavy atom. The maximum atomic E-state index is 14.2. The van der Waals surface area contributed by atoms with E-state index >= 15 is 0 Å². The van der Waals surface area contributed by atoms with Gasteiger partial charge in [0.1, 0.15) is 17.7 Å². The van der Waals surface area contributed by atoms with Crippen LogP contribution in [-0.4, -0.2) is 46.5 Å². The summed E-state index contributed by atoms with van der Waals surface area (Å²) in [6.45, 7) is 13.5. The SMILES string of the molecule is CCCCN(C(=O)C(Cc1ccccc1)NC(=O)OC(C)(C)C)C(C(=O)NC(C)(C)C)c1ccccc1. The van der Waals surface area contributed by atoms with Gasteiger partial charge in [-0.1, -0.05) is 74.0 Å². The van der Waals surface area contributed by atoms with Crippen LogP contribution in [0.2, 0.25) is 0 Å².